The van der Waals surface area contributed by atoms with E-state index < -0.39 is 10.0 Å². The van der Waals surface area contributed by atoms with Gasteiger partial charge in [0.05, 0.1) is 17.5 Å². The molecule has 7 heteroatoms. The van der Waals surface area contributed by atoms with Gasteiger partial charge in [0.15, 0.2) is 0 Å². The van der Waals surface area contributed by atoms with E-state index in [1.807, 2.05) is 38.1 Å². The van der Waals surface area contributed by atoms with Gasteiger partial charge >= 0.3 is 0 Å². The van der Waals surface area contributed by atoms with Gasteiger partial charge in [-0.05, 0) is 67.9 Å². The summed E-state index contributed by atoms with van der Waals surface area (Å²) in [5.41, 5.74) is 1.78. The van der Waals surface area contributed by atoms with Gasteiger partial charge in [-0.1, -0.05) is 30.3 Å². The largest absolute Gasteiger partial charge is 0.494 e. The maximum Gasteiger partial charge on any atom is 0.261 e. The molecule has 0 aliphatic heterocycles. The second kappa shape index (κ2) is 9.45. The SMILES string of the molecule is CCOc1ccc([C@@H](C)NC(=O)c2ccc(NS(=O)(=O)c3ccccc3)cc2)cc1. The molecule has 0 aliphatic rings. The van der Waals surface area contributed by atoms with Gasteiger partial charge in [-0.25, -0.2) is 8.42 Å². The minimum atomic E-state index is -3.67. The molecule has 1 atom stereocenters. The molecule has 2 N–H and O–H groups in total. The maximum atomic E-state index is 12.5. The highest BCUT2D eigenvalue weighted by molar-refractivity contribution is 7.92. The normalized spacial score (nSPS) is 12.1. The fraction of sp³-hybridized carbons (Fsp3) is 0.174. The highest BCUT2D eigenvalue weighted by Crippen LogP contribution is 2.19. The number of ether oxygens (including phenoxy) is 1. The van der Waals surface area contributed by atoms with Crippen LogP contribution in [0.4, 0.5) is 5.69 Å². The van der Waals surface area contributed by atoms with Gasteiger partial charge in [0.1, 0.15) is 5.75 Å². The maximum absolute atomic E-state index is 12.5. The van der Waals surface area contributed by atoms with Gasteiger partial charge in [-0.2, -0.15) is 0 Å². The first kappa shape index (κ1) is 21.4. The van der Waals surface area contributed by atoms with E-state index in [2.05, 4.69) is 10.0 Å². The molecule has 0 bridgehead atoms. The fourth-order valence-corrected chi connectivity index (χ4v) is 3.97. The molecule has 3 aromatic carbocycles. The minimum absolute atomic E-state index is 0.177. The zero-order chi connectivity index (χ0) is 21.6. The van der Waals surface area contributed by atoms with Gasteiger partial charge in [0, 0.05) is 11.3 Å². The second-order valence-electron chi connectivity index (χ2n) is 6.69. The quantitative estimate of drug-likeness (QED) is 0.562. The lowest BCUT2D eigenvalue weighted by molar-refractivity contribution is 0.0940. The summed E-state index contributed by atoms with van der Waals surface area (Å²) in [6, 6.07) is 21.8. The fourth-order valence-electron chi connectivity index (χ4n) is 2.89. The van der Waals surface area contributed by atoms with Crippen molar-refractivity contribution in [1.82, 2.24) is 5.32 Å². The summed E-state index contributed by atoms with van der Waals surface area (Å²) in [4.78, 5) is 12.7. The van der Waals surface area contributed by atoms with Crippen LogP contribution in [-0.4, -0.2) is 20.9 Å². The molecule has 3 aromatic rings. The highest BCUT2D eigenvalue weighted by atomic mass is 32.2. The Morgan fingerprint density at radius 2 is 1.57 bits per heavy atom. The van der Waals surface area contributed by atoms with Crippen LogP contribution in [0.5, 0.6) is 5.75 Å². The van der Waals surface area contributed by atoms with Crippen molar-refractivity contribution in [2.45, 2.75) is 24.8 Å². The van der Waals surface area contributed by atoms with Crippen molar-refractivity contribution < 1.29 is 17.9 Å². The van der Waals surface area contributed by atoms with Crippen LogP contribution in [-0.2, 0) is 10.0 Å². The van der Waals surface area contributed by atoms with E-state index in [0.717, 1.165) is 11.3 Å². The summed E-state index contributed by atoms with van der Waals surface area (Å²) >= 11 is 0. The molecule has 0 aromatic heterocycles. The number of carbonyl (C=O) groups excluding carboxylic acids is 1. The van der Waals surface area contributed by atoms with Crippen molar-refractivity contribution in [2.75, 3.05) is 11.3 Å². The predicted octanol–water partition coefficient (Wildman–Crippen LogP) is 4.38. The Labute approximate surface area is 177 Å². The first-order valence-corrected chi connectivity index (χ1v) is 11.1. The number of rotatable bonds is 8. The van der Waals surface area contributed by atoms with Crippen LogP contribution in [0.25, 0.3) is 0 Å². The lowest BCUT2D eigenvalue weighted by Gasteiger charge is -2.15. The van der Waals surface area contributed by atoms with Crippen molar-refractivity contribution in [3.05, 3.63) is 90.0 Å². The number of hydrogen-bond acceptors (Lipinski definition) is 4. The van der Waals surface area contributed by atoms with Crippen LogP contribution in [0.1, 0.15) is 35.8 Å². The van der Waals surface area contributed by atoms with Crippen molar-refractivity contribution in [1.29, 1.82) is 0 Å². The number of amides is 1. The summed E-state index contributed by atoms with van der Waals surface area (Å²) in [7, 11) is -3.67. The van der Waals surface area contributed by atoms with Crippen LogP contribution in [0, 0.1) is 0 Å². The third-order valence-corrected chi connectivity index (χ3v) is 5.89. The molecule has 6 nitrogen and oxygen atoms in total. The first-order valence-electron chi connectivity index (χ1n) is 9.60. The standard InChI is InChI=1S/C23H24N2O4S/c1-3-29-21-15-11-18(12-16-21)17(2)24-23(26)19-9-13-20(14-10-19)25-30(27,28)22-7-5-4-6-8-22/h4-17,25H,3H2,1-2H3,(H,24,26)/t17-/m1/s1. The van der Waals surface area contributed by atoms with E-state index in [1.54, 1.807) is 42.5 Å². The van der Waals surface area contributed by atoms with Crippen LogP contribution >= 0.6 is 0 Å². The smallest absolute Gasteiger partial charge is 0.261 e. The lowest BCUT2D eigenvalue weighted by Crippen LogP contribution is -2.26. The van der Waals surface area contributed by atoms with Crippen LogP contribution in [0.15, 0.2) is 83.8 Å². The van der Waals surface area contributed by atoms with Crippen LogP contribution < -0.4 is 14.8 Å². The third kappa shape index (κ3) is 5.39. The first-order chi connectivity index (χ1) is 14.4. The zero-order valence-electron chi connectivity index (χ0n) is 16.8. The molecule has 0 unspecified atom stereocenters. The van der Waals surface area contributed by atoms with Gasteiger partial charge in [0.2, 0.25) is 0 Å². The number of carbonyl (C=O) groups is 1. The molecule has 0 saturated carbocycles. The van der Waals surface area contributed by atoms with Crippen molar-refractivity contribution in [3.8, 4) is 5.75 Å². The van der Waals surface area contributed by atoms with E-state index in [4.69, 9.17) is 4.74 Å². The van der Waals surface area contributed by atoms with Crippen molar-refractivity contribution >= 4 is 21.6 Å². The van der Waals surface area contributed by atoms with Crippen molar-refractivity contribution in [2.24, 2.45) is 0 Å². The van der Waals surface area contributed by atoms with Gasteiger partial charge in [0.25, 0.3) is 15.9 Å². The summed E-state index contributed by atoms with van der Waals surface area (Å²) in [5, 5.41) is 2.94. The predicted molar refractivity (Wildman–Crippen MR) is 117 cm³/mol. The molecule has 156 valence electrons. The summed E-state index contributed by atoms with van der Waals surface area (Å²) in [6.07, 6.45) is 0. The molecule has 0 saturated heterocycles. The summed E-state index contributed by atoms with van der Waals surface area (Å²) in [5.74, 6) is 0.544. The van der Waals surface area contributed by atoms with E-state index in [9.17, 15) is 13.2 Å². The lowest BCUT2D eigenvalue weighted by atomic mass is 10.1. The Balaban J connectivity index is 1.63. The van der Waals surface area contributed by atoms with Gasteiger partial charge in [-0.15, -0.1) is 0 Å². The van der Waals surface area contributed by atoms with Gasteiger partial charge in [-0.3, -0.25) is 9.52 Å². The van der Waals surface area contributed by atoms with E-state index in [0.29, 0.717) is 17.9 Å². The monoisotopic (exact) mass is 424 g/mol. The molecule has 0 fully saturated rings. The van der Waals surface area contributed by atoms with Crippen LogP contribution in [0.2, 0.25) is 0 Å². The minimum Gasteiger partial charge on any atom is -0.494 e. The zero-order valence-corrected chi connectivity index (χ0v) is 17.6. The molecule has 3 rings (SSSR count). The average Bonchev–Trinajstić information content (AvgIpc) is 2.75. The molecule has 1 amide bonds. The summed E-state index contributed by atoms with van der Waals surface area (Å²) in [6.45, 7) is 4.42. The molecule has 0 aliphatic carbocycles. The molecular formula is C23H24N2O4S. The Kier molecular flexibility index (Phi) is 6.74. The average molecular weight is 425 g/mol. The van der Waals surface area contributed by atoms with Crippen LogP contribution in [0.3, 0.4) is 0 Å². The number of sulfonamides is 1. The molecule has 0 heterocycles. The Hall–Kier alpha value is -3.32. The highest BCUT2D eigenvalue weighted by Gasteiger charge is 2.15. The number of hydrogen-bond donors (Lipinski definition) is 2. The van der Waals surface area contributed by atoms with E-state index in [1.165, 1.54) is 12.1 Å². The van der Waals surface area contributed by atoms with Crippen molar-refractivity contribution in [3.63, 3.8) is 0 Å². The second-order valence-corrected chi connectivity index (χ2v) is 8.38. The Morgan fingerprint density at radius 3 is 2.17 bits per heavy atom. The van der Waals surface area contributed by atoms with E-state index in [-0.39, 0.29) is 16.8 Å². The van der Waals surface area contributed by atoms with Gasteiger partial charge < -0.3 is 10.1 Å². The molecule has 0 spiro atoms. The summed E-state index contributed by atoms with van der Waals surface area (Å²) < 4.78 is 32.7. The number of benzene rings is 3. The number of anilines is 1. The molecular weight excluding hydrogens is 400 g/mol. The third-order valence-electron chi connectivity index (χ3n) is 4.49. The number of nitrogens with one attached hydrogen (secondary N) is 2. The topological polar surface area (TPSA) is 84.5 Å². The molecule has 30 heavy (non-hydrogen) atoms. The van der Waals surface area contributed by atoms with E-state index >= 15 is 0 Å². The Bertz CT molecular complexity index is 1080. The molecule has 0 radical (unpaired) electrons. The Morgan fingerprint density at radius 1 is 0.933 bits per heavy atom.